The van der Waals surface area contributed by atoms with Crippen LogP contribution >= 0.6 is 0 Å². The number of ether oxygens (including phenoxy) is 2. The second kappa shape index (κ2) is 8.92. The van der Waals surface area contributed by atoms with Gasteiger partial charge in [-0.05, 0) is 30.2 Å². The van der Waals surface area contributed by atoms with E-state index in [0.717, 1.165) is 50.0 Å². The largest absolute Gasteiger partial charge is 0.454 e. The Morgan fingerprint density at radius 2 is 1.78 bits per heavy atom. The van der Waals surface area contributed by atoms with E-state index in [0.29, 0.717) is 18.3 Å². The van der Waals surface area contributed by atoms with Crippen LogP contribution in [0.4, 0.5) is 17.3 Å². The number of nitrogen functional groups attached to an aromatic ring is 1. The Kier molecular flexibility index (Phi) is 5.68. The maximum absolute atomic E-state index is 6.48. The fourth-order valence-electron chi connectivity index (χ4n) is 4.20. The molecule has 1 atom stereocenters. The SMILES string of the molecule is CC(Nc1ncnc(N2CCN(Cc3ccc4c(c3)OCO4)CC2)c1N)c1ccccc1. The van der Waals surface area contributed by atoms with E-state index in [2.05, 4.69) is 56.3 Å². The van der Waals surface area contributed by atoms with Gasteiger partial charge in [0.25, 0.3) is 0 Å². The van der Waals surface area contributed by atoms with E-state index < -0.39 is 0 Å². The third-order valence-corrected chi connectivity index (χ3v) is 6.03. The number of benzene rings is 2. The van der Waals surface area contributed by atoms with E-state index in [9.17, 15) is 0 Å². The number of hydrogen-bond donors (Lipinski definition) is 2. The third kappa shape index (κ3) is 4.27. The van der Waals surface area contributed by atoms with Gasteiger partial charge in [0, 0.05) is 32.7 Å². The fourth-order valence-corrected chi connectivity index (χ4v) is 4.20. The summed E-state index contributed by atoms with van der Waals surface area (Å²) >= 11 is 0. The van der Waals surface area contributed by atoms with Crippen LogP contribution in [-0.2, 0) is 6.54 Å². The van der Waals surface area contributed by atoms with Crippen LogP contribution in [-0.4, -0.2) is 47.8 Å². The zero-order chi connectivity index (χ0) is 21.9. The summed E-state index contributed by atoms with van der Waals surface area (Å²) in [5, 5.41) is 3.43. The number of rotatable bonds is 6. The van der Waals surface area contributed by atoms with E-state index in [1.807, 2.05) is 24.3 Å². The number of nitrogens with zero attached hydrogens (tertiary/aromatic N) is 4. The van der Waals surface area contributed by atoms with Crippen molar-refractivity contribution in [3.8, 4) is 11.5 Å². The molecular weight excluding hydrogens is 404 g/mol. The lowest BCUT2D eigenvalue weighted by molar-refractivity contribution is 0.174. The molecule has 0 amide bonds. The molecule has 8 nitrogen and oxygen atoms in total. The van der Waals surface area contributed by atoms with E-state index in [1.165, 1.54) is 11.1 Å². The topological polar surface area (TPSA) is 88.8 Å². The minimum Gasteiger partial charge on any atom is -0.454 e. The minimum atomic E-state index is 0.0970. The Bertz CT molecular complexity index is 1070. The van der Waals surface area contributed by atoms with Gasteiger partial charge in [-0.3, -0.25) is 4.90 Å². The Morgan fingerprint density at radius 1 is 1.00 bits per heavy atom. The van der Waals surface area contributed by atoms with Crippen LogP contribution in [0.25, 0.3) is 0 Å². The number of hydrogen-bond acceptors (Lipinski definition) is 8. The predicted octanol–water partition coefficient (Wildman–Crippen LogP) is 3.28. The third-order valence-electron chi connectivity index (χ3n) is 6.03. The van der Waals surface area contributed by atoms with Gasteiger partial charge in [0.1, 0.15) is 12.0 Å². The van der Waals surface area contributed by atoms with Gasteiger partial charge < -0.3 is 25.4 Å². The molecule has 8 heteroatoms. The van der Waals surface area contributed by atoms with Crippen molar-refractivity contribution in [3.05, 3.63) is 66.0 Å². The molecule has 1 saturated heterocycles. The molecule has 3 N–H and O–H groups in total. The number of piperazine rings is 1. The zero-order valence-corrected chi connectivity index (χ0v) is 18.2. The smallest absolute Gasteiger partial charge is 0.231 e. The lowest BCUT2D eigenvalue weighted by Gasteiger charge is -2.36. The number of fused-ring (bicyclic) bond motifs is 1. The summed E-state index contributed by atoms with van der Waals surface area (Å²) in [4.78, 5) is 13.6. The van der Waals surface area contributed by atoms with E-state index in [1.54, 1.807) is 6.33 Å². The average molecular weight is 433 g/mol. The number of nitrogens with two attached hydrogens (primary N) is 1. The summed E-state index contributed by atoms with van der Waals surface area (Å²) in [6.45, 7) is 6.87. The minimum absolute atomic E-state index is 0.0970. The van der Waals surface area contributed by atoms with Crippen LogP contribution in [0.5, 0.6) is 11.5 Å². The molecule has 0 saturated carbocycles. The van der Waals surface area contributed by atoms with Crippen molar-refractivity contribution in [3.63, 3.8) is 0 Å². The van der Waals surface area contributed by atoms with Gasteiger partial charge in [-0.2, -0.15) is 0 Å². The molecule has 166 valence electrons. The molecule has 5 rings (SSSR count). The van der Waals surface area contributed by atoms with Crippen molar-refractivity contribution in [1.82, 2.24) is 14.9 Å². The Hall–Kier alpha value is -3.52. The summed E-state index contributed by atoms with van der Waals surface area (Å²) in [5.41, 5.74) is 9.49. The number of aromatic nitrogens is 2. The molecule has 0 aliphatic carbocycles. The first kappa shape index (κ1) is 20.4. The van der Waals surface area contributed by atoms with Gasteiger partial charge >= 0.3 is 0 Å². The molecule has 3 heterocycles. The van der Waals surface area contributed by atoms with Gasteiger partial charge in [-0.1, -0.05) is 36.4 Å². The van der Waals surface area contributed by atoms with Crippen molar-refractivity contribution in [2.75, 3.05) is 48.9 Å². The first-order valence-electron chi connectivity index (χ1n) is 10.9. The summed E-state index contributed by atoms with van der Waals surface area (Å²) in [7, 11) is 0. The second-order valence-corrected chi connectivity index (χ2v) is 8.19. The lowest BCUT2D eigenvalue weighted by Crippen LogP contribution is -2.46. The maximum Gasteiger partial charge on any atom is 0.231 e. The first-order chi connectivity index (χ1) is 15.7. The van der Waals surface area contributed by atoms with Crippen LogP contribution in [0.2, 0.25) is 0 Å². The van der Waals surface area contributed by atoms with Crippen LogP contribution in [0, 0.1) is 0 Å². The molecule has 2 aliphatic heterocycles. The van der Waals surface area contributed by atoms with Crippen LogP contribution in [0.15, 0.2) is 54.9 Å². The highest BCUT2D eigenvalue weighted by Gasteiger charge is 2.22. The lowest BCUT2D eigenvalue weighted by atomic mass is 10.1. The normalized spacial score (nSPS) is 16.7. The summed E-state index contributed by atoms with van der Waals surface area (Å²) in [6, 6.07) is 16.5. The van der Waals surface area contributed by atoms with Crippen LogP contribution in [0.1, 0.15) is 24.1 Å². The van der Waals surface area contributed by atoms with Gasteiger partial charge in [0.05, 0.1) is 6.04 Å². The van der Waals surface area contributed by atoms with Gasteiger partial charge in [0.15, 0.2) is 23.1 Å². The highest BCUT2D eigenvalue weighted by Crippen LogP contribution is 2.33. The zero-order valence-electron chi connectivity index (χ0n) is 18.2. The van der Waals surface area contributed by atoms with E-state index in [4.69, 9.17) is 15.2 Å². The Labute approximate surface area is 188 Å². The first-order valence-corrected chi connectivity index (χ1v) is 10.9. The van der Waals surface area contributed by atoms with Gasteiger partial charge in [-0.25, -0.2) is 9.97 Å². The molecule has 1 aromatic heterocycles. The molecule has 32 heavy (non-hydrogen) atoms. The van der Waals surface area contributed by atoms with Crippen molar-refractivity contribution in [2.24, 2.45) is 0 Å². The quantitative estimate of drug-likeness (QED) is 0.614. The van der Waals surface area contributed by atoms with Crippen molar-refractivity contribution >= 4 is 17.3 Å². The number of anilines is 3. The predicted molar refractivity (Wildman–Crippen MR) is 125 cm³/mol. The molecule has 3 aromatic rings. The molecule has 0 spiro atoms. The fraction of sp³-hybridized carbons (Fsp3) is 0.333. The molecule has 1 unspecified atom stereocenters. The molecule has 2 aliphatic rings. The Morgan fingerprint density at radius 3 is 2.59 bits per heavy atom. The molecule has 1 fully saturated rings. The number of nitrogens with one attached hydrogen (secondary N) is 1. The van der Waals surface area contributed by atoms with Crippen molar-refractivity contribution in [2.45, 2.75) is 19.5 Å². The molecular formula is C24H28N6O2. The second-order valence-electron chi connectivity index (χ2n) is 8.19. The summed E-state index contributed by atoms with van der Waals surface area (Å²) < 4.78 is 10.9. The molecule has 0 radical (unpaired) electrons. The average Bonchev–Trinajstić information content (AvgIpc) is 3.30. The molecule has 0 bridgehead atoms. The van der Waals surface area contributed by atoms with Crippen LogP contribution < -0.4 is 25.4 Å². The maximum atomic E-state index is 6.48. The summed E-state index contributed by atoms with van der Waals surface area (Å²) in [5.74, 6) is 3.13. The van der Waals surface area contributed by atoms with Crippen molar-refractivity contribution in [1.29, 1.82) is 0 Å². The molecule has 2 aromatic carbocycles. The summed E-state index contributed by atoms with van der Waals surface area (Å²) in [6.07, 6.45) is 1.59. The van der Waals surface area contributed by atoms with Gasteiger partial charge in [-0.15, -0.1) is 0 Å². The van der Waals surface area contributed by atoms with E-state index in [-0.39, 0.29) is 6.04 Å². The monoisotopic (exact) mass is 432 g/mol. The highest BCUT2D eigenvalue weighted by molar-refractivity contribution is 5.75. The standard InChI is InChI=1S/C24H28N6O2/c1-17(19-5-3-2-4-6-19)28-23-22(25)24(27-15-26-23)30-11-9-29(10-12-30)14-18-7-8-20-21(13-18)32-16-31-20/h2-8,13,15,17H,9-12,14,16,25H2,1H3,(H,26,27,28). The van der Waals surface area contributed by atoms with Crippen molar-refractivity contribution < 1.29 is 9.47 Å². The van der Waals surface area contributed by atoms with Gasteiger partial charge in [0.2, 0.25) is 6.79 Å². The van der Waals surface area contributed by atoms with Crippen LogP contribution in [0.3, 0.4) is 0 Å². The highest BCUT2D eigenvalue weighted by atomic mass is 16.7. The van der Waals surface area contributed by atoms with E-state index >= 15 is 0 Å². The Balaban J connectivity index is 1.21.